The number of Topliss-reactive ketones (excluding diaryl/α,β-unsaturated/α-hetero) is 2. The predicted octanol–water partition coefficient (Wildman–Crippen LogP) is 2.23. The number of ketones is 2. The number of carbonyl (C=O) groups is 2. The summed E-state index contributed by atoms with van der Waals surface area (Å²) in [5, 5.41) is 31.8. The minimum atomic E-state index is -2.27. The van der Waals surface area contributed by atoms with Crippen molar-refractivity contribution in [2.75, 3.05) is 0 Å². The minimum Gasteiger partial charge on any atom is -0.386 e. The van der Waals surface area contributed by atoms with Gasteiger partial charge in [-0.2, -0.15) is 0 Å². The fourth-order valence-electron chi connectivity index (χ4n) is 2.98. The van der Waals surface area contributed by atoms with Crippen molar-refractivity contribution in [3.63, 3.8) is 0 Å². The van der Waals surface area contributed by atoms with E-state index in [1.165, 1.54) is 13.0 Å². The summed E-state index contributed by atoms with van der Waals surface area (Å²) in [5.41, 5.74) is -0.526. The zero-order valence-corrected chi connectivity index (χ0v) is 15.1. The topological polar surface area (TPSA) is 94.8 Å². The fraction of sp³-hybridized carbons (Fsp3) is 0.333. The Hall–Kier alpha value is -2.34. The molecule has 0 aliphatic heterocycles. The Kier molecular flexibility index (Phi) is 6.08. The largest absolute Gasteiger partial charge is 0.386 e. The summed E-state index contributed by atoms with van der Waals surface area (Å²) in [5.74, 6) is -1.46. The summed E-state index contributed by atoms with van der Waals surface area (Å²) >= 11 is 0. The first-order valence-corrected chi connectivity index (χ1v) is 8.52. The molecule has 3 atom stereocenters. The third-order valence-electron chi connectivity index (χ3n) is 4.79. The van der Waals surface area contributed by atoms with Crippen LogP contribution >= 0.6 is 0 Å². The smallest absolute Gasteiger partial charge is 0.197 e. The van der Waals surface area contributed by atoms with Gasteiger partial charge in [0.25, 0.3) is 0 Å². The van der Waals surface area contributed by atoms with Crippen LogP contribution in [0, 0.1) is 13.8 Å². The van der Waals surface area contributed by atoms with Crippen LogP contribution < -0.4 is 0 Å². The number of aliphatic hydroxyl groups excluding tert-OH is 2. The third-order valence-corrected chi connectivity index (χ3v) is 4.79. The van der Waals surface area contributed by atoms with Crippen LogP contribution in [-0.2, 0) is 0 Å². The zero-order chi connectivity index (χ0) is 19.5. The Balaban J connectivity index is 2.36. The van der Waals surface area contributed by atoms with Gasteiger partial charge in [0.1, 0.15) is 12.2 Å². The second-order valence-corrected chi connectivity index (χ2v) is 6.49. The van der Waals surface area contributed by atoms with Crippen LogP contribution in [0.15, 0.2) is 48.5 Å². The van der Waals surface area contributed by atoms with E-state index >= 15 is 0 Å². The van der Waals surface area contributed by atoms with Gasteiger partial charge < -0.3 is 15.3 Å². The van der Waals surface area contributed by atoms with E-state index in [1.54, 1.807) is 56.3 Å². The lowest BCUT2D eigenvalue weighted by atomic mass is 9.80. The summed E-state index contributed by atoms with van der Waals surface area (Å²) in [6.45, 7) is 4.94. The Morgan fingerprint density at radius 3 is 1.85 bits per heavy atom. The summed E-state index contributed by atoms with van der Waals surface area (Å²) in [7, 11) is 0. The molecule has 0 bridgehead atoms. The lowest BCUT2D eigenvalue weighted by Gasteiger charge is -2.33. The maximum absolute atomic E-state index is 12.9. The van der Waals surface area contributed by atoms with Crippen LogP contribution in [0.25, 0.3) is 0 Å². The van der Waals surface area contributed by atoms with E-state index in [0.29, 0.717) is 11.1 Å². The number of hydrogen-bond donors (Lipinski definition) is 3. The molecule has 0 heterocycles. The van der Waals surface area contributed by atoms with E-state index in [9.17, 15) is 24.9 Å². The average Bonchev–Trinajstić information content (AvgIpc) is 2.65. The molecule has 26 heavy (non-hydrogen) atoms. The summed E-state index contributed by atoms with van der Waals surface area (Å²) < 4.78 is 0. The maximum atomic E-state index is 12.9. The minimum absolute atomic E-state index is 0.153. The van der Waals surface area contributed by atoms with Crippen molar-refractivity contribution in [2.24, 2.45) is 0 Å². The standard InChI is InChI=1S/C21H24O5/c1-4-21(26,19(24)16-12-8-6-10-14(16)3)20(25)18(23)17(22)15-11-7-5-9-13(15)2/h5-12,18,20,23,25-26H,4H2,1-3H3. The number of benzene rings is 2. The van der Waals surface area contributed by atoms with Gasteiger partial charge in [0.2, 0.25) is 0 Å². The molecule has 138 valence electrons. The van der Waals surface area contributed by atoms with Gasteiger partial charge in [0.15, 0.2) is 17.2 Å². The molecule has 0 amide bonds. The van der Waals surface area contributed by atoms with Crippen molar-refractivity contribution in [1.82, 2.24) is 0 Å². The predicted molar refractivity (Wildman–Crippen MR) is 98.3 cm³/mol. The number of aryl methyl sites for hydroxylation is 2. The highest BCUT2D eigenvalue weighted by Crippen LogP contribution is 2.27. The van der Waals surface area contributed by atoms with Crippen molar-refractivity contribution in [3.05, 3.63) is 70.8 Å². The van der Waals surface area contributed by atoms with E-state index in [4.69, 9.17) is 0 Å². The quantitative estimate of drug-likeness (QED) is 0.661. The molecule has 0 saturated carbocycles. The average molecular weight is 356 g/mol. The lowest BCUT2D eigenvalue weighted by molar-refractivity contribution is -0.0928. The first-order valence-electron chi connectivity index (χ1n) is 8.52. The maximum Gasteiger partial charge on any atom is 0.197 e. The van der Waals surface area contributed by atoms with Crippen molar-refractivity contribution >= 4 is 11.6 Å². The molecule has 2 aromatic rings. The molecule has 5 nitrogen and oxygen atoms in total. The highest BCUT2D eigenvalue weighted by Gasteiger charge is 2.47. The Bertz CT molecular complexity index is 814. The van der Waals surface area contributed by atoms with Gasteiger partial charge in [-0.1, -0.05) is 55.5 Å². The van der Waals surface area contributed by atoms with Crippen LogP contribution in [0.2, 0.25) is 0 Å². The fourth-order valence-corrected chi connectivity index (χ4v) is 2.98. The van der Waals surface area contributed by atoms with Crippen molar-refractivity contribution < 1.29 is 24.9 Å². The highest BCUT2D eigenvalue weighted by molar-refractivity contribution is 6.06. The Morgan fingerprint density at radius 1 is 0.923 bits per heavy atom. The van der Waals surface area contributed by atoms with Crippen molar-refractivity contribution in [2.45, 2.75) is 45.0 Å². The van der Waals surface area contributed by atoms with Gasteiger partial charge in [-0.05, 0) is 31.4 Å². The molecule has 0 spiro atoms. The first-order chi connectivity index (χ1) is 12.2. The van der Waals surface area contributed by atoms with Gasteiger partial charge in [-0.15, -0.1) is 0 Å². The molecule has 3 unspecified atom stereocenters. The van der Waals surface area contributed by atoms with E-state index in [1.807, 2.05) is 0 Å². The molecule has 0 aromatic heterocycles. The summed E-state index contributed by atoms with van der Waals surface area (Å²) in [6.07, 6.45) is -4.03. The molecule has 5 heteroatoms. The van der Waals surface area contributed by atoms with Gasteiger partial charge in [-0.25, -0.2) is 0 Å². The van der Waals surface area contributed by atoms with Crippen LogP contribution in [0.4, 0.5) is 0 Å². The molecule has 0 saturated heterocycles. The van der Waals surface area contributed by atoms with E-state index in [0.717, 1.165) is 0 Å². The SMILES string of the molecule is CCC(O)(C(=O)c1ccccc1C)C(O)C(O)C(=O)c1ccccc1C. The Morgan fingerprint density at radius 2 is 1.38 bits per heavy atom. The second kappa shape index (κ2) is 7.91. The van der Waals surface area contributed by atoms with E-state index in [2.05, 4.69) is 0 Å². The monoisotopic (exact) mass is 356 g/mol. The lowest BCUT2D eigenvalue weighted by Crippen LogP contribution is -2.56. The molecule has 2 aromatic carbocycles. The summed E-state index contributed by atoms with van der Waals surface area (Å²) in [4.78, 5) is 25.4. The Labute approximate surface area is 152 Å². The number of hydrogen-bond acceptors (Lipinski definition) is 5. The van der Waals surface area contributed by atoms with Crippen LogP contribution in [0.5, 0.6) is 0 Å². The zero-order valence-electron chi connectivity index (χ0n) is 15.1. The van der Waals surface area contributed by atoms with Crippen LogP contribution in [0.1, 0.15) is 45.2 Å². The normalized spacial score (nSPS) is 15.8. The third kappa shape index (κ3) is 3.60. The van der Waals surface area contributed by atoms with Crippen LogP contribution in [0.3, 0.4) is 0 Å². The van der Waals surface area contributed by atoms with Gasteiger partial charge in [0.05, 0.1) is 0 Å². The van der Waals surface area contributed by atoms with Gasteiger partial charge in [0, 0.05) is 11.1 Å². The molecule has 0 fully saturated rings. The molecular weight excluding hydrogens is 332 g/mol. The highest BCUT2D eigenvalue weighted by atomic mass is 16.4. The summed E-state index contributed by atoms with van der Waals surface area (Å²) in [6, 6.07) is 13.3. The number of carbonyl (C=O) groups excluding carboxylic acids is 2. The molecule has 0 aliphatic carbocycles. The molecule has 0 aliphatic rings. The molecule has 2 rings (SSSR count). The molecule has 3 N–H and O–H groups in total. The van der Waals surface area contributed by atoms with Crippen molar-refractivity contribution in [1.29, 1.82) is 0 Å². The van der Waals surface area contributed by atoms with E-state index in [-0.39, 0.29) is 17.5 Å². The number of aliphatic hydroxyl groups is 3. The van der Waals surface area contributed by atoms with Crippen LogP contribution in [-0.4, -0.2) is 44.7 Å². The molecule has 0 radical (unpaired) electrons. The van der Waals surface area contributed by atoms with Crippen molar-refractivity contribution in [3.8, 4) is 0 Å². The van der Waals surface area contributed by atoms with Gasteiger partial charge in [-0.3, -0.25) is 9.59 Å². The number of rotatable bonds is 7. The second-order valence-electron chi connectivity index (χ2n) is 6.49. The van der Waals surface area contributed by atoms with Gasteiger partial charge >= 0.3 is 0 Å². The molecular formula is C21H24O5. The first kappa shape index (κ1) is 20.0. The van der Waals surface area contributed by atoms with E-state index < -0.39 is 29.4 Å².